The summed E-state index contributed by atoms with van der Waals surface area (Å²) in [6.45, 7) is 2.35. The average molecular weight is 497 g/mol. The molecule has 1 aromatic heterocycles. The normalized spacial score (nSPS) is 11.2. The fraction of sp³-hybridized carbons (Fsp3) is 0.0800. The Kier molecular flexibility index (Phi) is 6.67. The molecule has 4 aromatic rings. The van der Waals surface area contributed by atoms with Gasteiger partial charge in [0, 0.05) is 11.3 Å². The number of carbonyl (C=O) groups is 1. The summed E-state index contributed by atoms with van der Waals surface area (Å²) in [5.74, 6) is -0.230. The van der Waals surface area contributed by atoms with Crippen molar-refractivity contribution in [1.29, 1.82) is 0 Å². The molecule has 1 heterocycles. The number of anilines is 3. The molecule has 6 nitrogen and oxygen atoms in total. The third kappa shape index (κ3) is 4.66. The number of benzene rings is 3. The van der Waals surface area contributed by atoms with Crippen LogP contribution < -0.4 is 15.8 Å². The molecule has 0 unspecified atom stereocenters. The topological polar surface area (TPSA) is 98.5 Å². The summed E-state index contributed by atoms with van der Waals surface area (Å²) in [6, 6.07) is 19.8. The third-order valence-electron chi connectivity index (χ3n) is 4.96. The molecule has 0 aliphatic rings. The number of nitrogens with one attached hydrogen (secondary N) is 1. The summed E-state index contributed by atoms with van der Waals surface area (Å²) in [5.41, 5.74) is 6.96. The number of hydrogen-bond donors (Lipinski definition) is 2. The van der Waals surface area contributed by atoms with Crippen molar-refractivity contribution in [3.05, 3.63) is 95.1 Å². The maximum absolute atomic E-state index is 13.5. The minimum atomic E-state index is -4.06. The molecule has 0 saturated carbocycles. The molecule has 9 heteroatoms. The summed E-state index contributed by atoms with van der Waals surface area (Å²) in [6.07, 6.45) is 0. The van der Waals surface area contributed by atoms with Gasteiger partial charge in [0.1, 0.15) is 26.3 Å². The maximum atomic E-state index is 13.5. The van der Waals surface area contributed by atoms with Crippen LogP contribution in [0.25, 0.3) is 0 Å². The van der Waals surface area contributed by atoms with Crippen LogP contribution in [-0.2, 0) is 9.84 Å². The molecule has 0 saturated heterocycles. The minimum Gasteiger partial charge on any atom is -0.494 e. The predicted octanol–water partition coefficient (Wildman–Crippen LogP) is 5.68. The molecule has 0 bridgehead atoms. The van der Waals surface area contributed by atoms with Crippen LogP contribution in [0.3, 0.4) is 0 Å². The Balaban J connectivity index is 1.82. The Morgan fingerprint density at radius 1 is 1.00 bits per heavy atom. The lowest BCUT2D eigenvalue weighted by Gasteiger charge is -2.09. The smallest absolute Gasteiger partial charge is 0.211 e. The van der Waals surface area contributed by atoms with Gasteiger partial charge in [-0.3, -0.25) is 4.79 Å². The van der Waals surface area contributed by atoms with Gasteiger partial charge in [-0.15, -0.1) is 11.3 Å². The Hall–Kier alpha value is -3.69. The van der Waals surface area contributed by atoms with E-state index in [1.807, 2.05) is 6.92 Å². The Morgan fingerprint density at radius 2 is 1.65 bits per heavy atom. The quantitative estimate of drug-likeness (QED) is 0.305. The van der Waals surface area contributed by atoms with E-state index in [0.29, 0.717) is 23.6 Å². The van der Waals surface area contributed by atoms with Gasteiger partial charge in [0.15, 0.2) is 0 Å². The first-order valence-electron chi connectivity index (χ1n) is 10.3. The van der Waals surface area contributed by atoms with E-state index in [1.165, 1.54) is 36.4 Å². The first-order valence-corrected chi connectivity index (χ1v) is 12.6. The van der Waals surface area contributed by atoms with Gasteiger partial charge in [-0.05, 0) is 67.6 Å². The number of carbonyl (C=O) groups excluding carboxylic acids is 1. The van der Waals surface area contributed by atoms with Gasteiger partial charge in [-0.2, -0.15) is 0 Å². The van der Waals surface area contributed by atoms with Crippen LogP contribution in [-0.4, -0.2) is 20.8 Å². The van der Waals surface area contributed by atoms with Gasteiger partial charge in [-0.25, -0.2) is 12.8 Å². The van der Waals surface area contributed by atoms with E-state index in [2.05, 4.69) is 5.32 Å². The van der Waals surface area contributed by atoms with Crippen LogP contribution in [0.1, 0.15) is 22.2 Å². The van der Waals surface area contributed by atoms with Crippen molar-refractivity contribution in [3.63, 3.8) is 0 Å². The number of nitrogen functional groups attached to an aromatic ring is 1. The Morgan fingerprint density at radius 3 is 2.26 bits per heavy atom. The second kappa shape index (κ2) is 9.66. The zero-order valence-electron chi connectivity index (χ0n) is 18.1. The highest BCUT2D eigenvalue weighted by molar-refractivity contribution is 7.92. The molecule has 0 spiro atoms. The summed E-state index contributed by atoms with van der Waals surface area (Å²) in [4.78, 5) is 13.2. The average Bonchev–Trinajstić information content (AvgIpc) is 3.17. The molecule has 174 valence electrons. The predicted molar refractivity (Wildman–Crippen MR) is 131 cm³/mol. The van der Waals surface area contributed by atoms with E-state index >= 15 is 0 Å². The van der Waals surface area contributed by atoms with Gasteiger partial charge in [0.05, 0.1) is 17.2 Å². The van der Waals surface area contributed by atoms with Crippen molar-refractivity contribution >= 4 is 43.3 Å². The summed E-state index contributed by atoms with van der Waals surface area (Å²) >= 11 is 0.934. The minimum absolute atomic E-state index is 0.0433. The first kappa shape index (κ1) is 23.5. The number of halogens is 1. The standard InChI is InChI=1S/C25H21FN2O4S2/c1-2-32-19-14-8-16(9-15-19)22(29)23-21(27)24(34(30,31)20-6-4-3-5-7-20)25(33-23)28-18-12-10-17(26)11-13-18/h3-15,28H,2,27H2,1H3. The van der Waals surface area contributed by atoms with Gasteiger partial charge < -0.3 is 15.8 Å². The highest BCUT2D eigenvalue weighted by Crippen LogP contribution is 2.44. The maximum Gasteiger partial charge on any atom is 0.211 e. The number of sulfone groups is 1. The monoisotopic (exact) mass is 496 g/mol. The molecular formula is C25H21FN2O4S2. The molecule has 34 heavy (non-hydrogen) atoms. The second-order valence-electron chi connectivity index (χ2n) is 7.24. The molecular weight excluding hydrogens is 475 g/mol. The van der Waals surface area contributed by atoms with Crippen molar-refractivity contribution in [2.75, 3.05) is 17.7 Å². The van der Waals surface area contributed by atoms with Crippen molar-refractivity contribution in [2.45, 2.75) is 16.7 Å². The van der Waals surface area contributed by atoms with Crippen molar-refractivity contribution in [3.8, 4) is 5.75 Å². The van der Waals surface area contributed by atoms with Crippen molar-refractivity contribution in [1.82, 2.24) is 0 Å². The molecule has 0 radical (unpaired) electrons. The second-order valence-corrected chi connectivity index (χ2v) is 10.1. The highest BCUT2D eigenvalue weighted by atomic mass is 32.2. The Labute approximate surface area is 200 Å². The molecule has 0 aliphatic carbocycles. The van der Waals surface area contributed by atoms with Crippen LogP contribution in [0.15, 0.2) is 88.7 Å². The fourth-order valence-corrected chi connectivity index (χ4v) is 6.28. The zero-order valence-corrected chi connectivity index (χ0v) is 19.8. The van der Waals surface area contributed by atoms with Crippen LogP contribution in [0.5, 0.6) is 5.75 Å². The fourth-order valence-electron chi connectivity index (χ4n) is 3.33. The van der Waals surface area contributed by atoms with Gasteiger partial charge in [-0.1, -0.05) is 18.2 Å². The lowest BCUT2D eigenvalue weighted by Crippen LogP contribution is -2.08. The molecule has 3 aromatic carbocycles. The van der Waals surface area contributed by atoms with E-state index in [4.69, 9.17) is 10.5 Å². The summed E-state index contributed by atoms with van der Waals surface area (Å²) in [5, 5.41) is 3.16. The molecule has 3 N–H and O–H groups in total. The molecule has 4 rings (SSSR count). The molecule has 0 amide bonds. The molecule has 0 aliphatic heterocycles. The van der Waals surface area contributed by atoms with Gasteiger partial charge in [0.25, 0.3) is 0 Å². The lowest BCUT2D eigenvalue weighted by atomic mass is 10.1. The third-order valence-corrected chi connectivity index (χ3v) is 8.06. The number of nitrogens with two attached hydrogens (primary N) is 1. The van der Waals surface area contributed by atoms with Crippen molar-refractivity contribution < 1.29 is 22.3 Å². The summed E-state index contributed by atoms with van der Waals surface area (Å²) < 4.78 is 45.8. The number of thiophene rings is 1. The largest absolute Gasteiger partial charge is 0.494 e. The number of hydrogen-bond acceptors (Lipinski definition) is 7. The van der Waals surface area contributed by atoms with Crippen LogP contribution >= 0.6 is 11.3 Å². The zero-order chi connectivity index (χ0) is 24.3. The van der Waals surface area contributed by atoms with Crippen LogP contribution in [0.2, 0.25) is 0 Å². The lowest BCUT2D eigenvalue weighted by molar-refractivity contribution is 0.104. The highest BCUT2D eigenvalue weighted by Gasteiger charge is 2.31. The summed E-state index contributed by atoms with van der Waals surface area (Å²) in [7, 11) is -4.06. The van der Waals surface area contributed by atoms with Crippen LogP contribution in [0.4, 0.5) is 20.8 Å². The first-order chi connectivity index (χ1) is 16.3. The van der Waals surface area contributed by atoms with Gasteiger partial charge in [0.2, 0.25) is 15.6 Å². The van der Waals surface area contributed by atoms with E-state index in [0.717, 1.165) is 11.3 Å². The van der Waals surface area contributed by atoms with E-state index in [9.17, 15) is 17.6 Å². The number of ketones is 1. The number of rotatable bonds is 8. The number of ether oxygens (including phenoxy) is 1. The molecule has 0 atom stereocenters. The van der Waals surface area contributed by atoms with E-state index in [1.54, 1.807) is 42.5 Å². The Bertz CT molecular complexity index is 1420. The van der Waals surface area contributed by atoms with E-state index in [-0.39, 0.29) is 25.4 Å². The molecule has 0 fully saturated rings. The van der Waals surface area contributed by atoms with Crippen molar-refractivity contribution in [2.24, 2.45) is 0 Å². The van der Waals surface area contributed by atoms with E-state index < -0.39 is 21.4 Å². The van der Waals surface area contributed by atoms with Gasteiger partial charge >= 0.3 is 0 Å². The van der Waals surface area contributed by atoms with Crippen LogP contribution in [0, 0.1) is 5.82 Å². The SMILES string of the molecule is CCOc1ccc(C(=O)c2sc(Nc3ccc(F)cc3)c(S(=O)(=O)c3ccccc3)c2N)cc1.